The third kappa shape index (κ3) is 4.79. The molecule has 0 aliphatic heterocycles. The first-order valence-corrected chi connectivity index (χ1v) is 4.50. The molecule has 0 fully saturated rings. The highest BCUT2D eigenvalue weighted by Crippen LogP contribution is 2.07. The maximum absolute atomic E-state index is 10.7. The third-order valence-electron chi connectivity index (χ3n) is 1.83. The van der Waals surface area contributed by atoms with E-state index in [1.54, 1.807) is 0 Å². The number of aliphatic carboxylic acids is 1. The van der Waals surface area contributed by atoms with Gasteiger partial charge in [-0.1, -0.05) is 23.8 Å². The van der Waals surface area contributed by atoms with Gasteiger partial charge in [-0.15, -0.1) is 0 Å². The summed E-state index contributed by atoms with van der Waals surface area (Å²) in [6.07, 6.45) is 5.94. The van der Waals surface area contributed by atoms with Crippen molar-refractivity contribution in [3.63, 3.8) is 0 Å². The van der Waals surface area contributed by atoms with E-state index in [9.17, 15) is 4.79 Å². The lowest BCUT2D eigenvalue weighted by Crippen LogP contribution is -2.37. The molecular weight excluding hydrogens is 182 g/mol. The van der Waals surface area contributed by atoms with Crippen LogP contribution in [0.4, 0.5) is 0 Å². The highest BCUT2D eigenvalue weighted by atomic mass is 16.4. The monoisotopic (exact) mass is 199 g/mol. The van der Waals surface area contributed by atoms with E-state index >= 15 is 0 Å². The molecule has 0 saturated heterocycles. The second-order valence-electron chi connectivity index (χ2n) is 2.82. The molecule has 3 N–H and O–H groups in total. The molecular formula is C10H17NO3. The van der Waals surface area contributed by atoms with Crippen molar-refractivity contribution in [3.8, 4) is 0 Å². The zero-order chi connectivity index (χ0) is 11.0. The molecule has 0 spiro atoms. The topological polar surface area (TPSA) is 69.6 Å². The molecule has 1 atom stereocenters. The molecule has 0 aromatic rings. The van der Waals surface area contributed by atoms with Gasteiger partial charge in [-0.25, -0.2) is 0 Å². The van der Waals surface area contributed by atoms with Crippen molar-refractivity contribution in [2.24, 2.45) is 0 Å². The standard InChI is InChI=1S/C10H17NO3/c1-3-5-8(4-2)6-9(10(13)14)11-7-12/h3-5,9,11-12H,6-7H2,1-2H3,(H,13,14)/b5-3-,8-4+/t9-/m0/s1. The van der Waals surface area contributed by atoms with Crippen LogP contribution in [0.2, 0.25) is 0 Å². The zero-order valence-electron chi connectivity index (χ0n) is 8.53. The predicted molar refractivity (Wildman–Crippen MR) is 54.8 cm³/mol. The van der Waals surface area contributed by atoms with Crippen LogP contribution in [0.25, 0.3) is 0 Å². The molecule has 0 aliphatic rings. The number of allylic oxidation sites excluding steroid dienone is 3. The molecule has 0 aromatic carbocycles. The fraction of sp³-hybridized carbons (Fsp3) is 0.500. The maximum atomic E-state index is 10.7. The quantitative estimate of drug-likeness (QED) is 0.439. The van der Waals surface area contributed by atoms with E-state index in [2.05, 4.69) is 5.32 Å². The molecule has 0 radical (unpaired) electrons. The molecule has 0 bridgehead atoms. The summed E-state index contributed by atoms with van der Waals surface area (Å²) < 4.78 is 0. The number of carboxylic acids is 1. The van der Waals surface area contributed by atoms with Gasteiger partial charge in [0.1, 0.15) is 6.04 Å². The van der Waals surface area contributed by atoms with Crippen LogP contribution in [-0.2, 0) is 4.79 Å². The molecule has 0 saturated carbocycles. The smallest absolute Gasteiger partial charge is 0.321 e. The maximum Gasteiger partial charge on any atom is 0.321 e. The van der Waals surface area contributed by atoms with E-state index in [0.29, 0.717) is 6.42 Å². The Kier molecular flexibility index (Phi) is 6.70. The molecule has 0 aliphatic carbocycles. The van der Waals surface area contributed by atoms with Crippen LogP contribution in [0.3, 0.4) is 0 Å². The summed E-state index contributed by atoms with van der Waals surface area (Å²) in [6.45, 7) is 3.40. The summed E-state index contributed by atoms with van der Waals surface area (Å²) >= 11 is 0. The molecule has 14 heavy (non-hydrogen) atoms. The van der Waals surface area contributed by atoms with Gasteiger partial charge in [0, 0.05) is 0 Å². The summed E-state index contributed by atoms with van der Waals surface area (Å²) in [5, 5.41) is 19.9. The first kappa shape index (κ1) is 12.9. The summed E-state index contributed by atoms with van der Waals surface area (Å²) in [6, 6.07) is -0.734. The minimum atomic E-state index is -0.956. The fourth-order valence-electron chi connectivity index (χ4n) is 1.09. The molecule has 0 amide bonds. The second-order valence-corrected chi connectivity index (χ2v) is 2.82. The van der Waals surface area contributed by atoms with E-state index < -0.39 is 12.0 Å². The van der Waals surface area contributed by atoms with Crippen molar-refractivity contribution < 1.29 is 15.0 Å². The van der Waals surface area contributed by atoms with Crippen molar-refractivity contribution in [1.29, 1.82) is 0 Å². The molecule has 80 valence electrons. The van der Waals surface area contributed by atoms with E-state index in [0.717, 1.165) is 5.57 Å². The second kappa shape index (κ2) is 7.29. The number of rotatable bonds is 6. The van der Waals surface area contributed by atoms with Gasteiger partial charge >= 0.3 is 5.97 Å². The van der Waals surface area contributed by atoms with E-state index in [1.807, 2.05) is 32.1 Å². The summed E-state index contributed by atoms with van der Waals surface area (Å²) in [7, 11) is 0. The normalized spacial score (nSPS) is 14.6. The van der Waals surface area contributed by atoms with Crippen LogP contribution in [0, 0.1) is 0 Å². The third-order valence-corrected chi connectivity index (χ3v) is 1.83. The number of carbonyl (C=O) groups is 1. The van der Waals surface area contributed by atoms with Crippen LogP contribution in [0.15, 0.2) is 23.8 Å². The van der Waals surface area contributed by atoms with Crippen molar-refractivity contribution in [1.82, 2.24) is 5.32 Å². The summed E-state index contributed by atoms with van der Waals surface area (Å²) in [5.74, 6) is -0.956. The highest BCUT2D eigenvalue weighted by Gasteiger charge is 2.16. The summed E-state index contributed by atoms with van der Waals surface area (Å²) in [5.41, 5.74) is 0.931. The number of nitrogens with one attached hydrogen (secondary N) is 1. The zero-order valence-corrected chi connectivity index (χ0v) is 8.53. The van der Waals surface area contributed by atoms with Crippen LogP contribution in [0.5, 0.6) is 0 Å². The number of hydrogen-bond acceptors (Lipinski definition) is 3. The molecule has 0 rings (SSSR count). The van der Waals surface area contributed by atoms with Gasteiger partial charge in [0.15, 0.2) is 0 Å². The average Bonchev–Trinajstić information content (AvgIpc) is 2.15. The Hall–Kier alpha value is -1.13. The Bertz CT molecular complexity index is 234. The van der Waals surface area contributed by atoms with Crippen molar-refractivity contribution in [2.75, 3.05) is 6.73 Å². The molecule has 0 heterocycles. The van der Waals surface area contributed by atoms with Gasteiger partial charge in [-0.3, -0.25) is 10.1 Å². The van der Waals surface area contributed by atoms with Crippen molar-refractivity contribution >= 4 is 5.97 Å². The Morgan fingerprint density at radius 2 is 2.14 bits per heavy atom. The minimum absolute atomic E-state index is 0.330. The Labute approximate surface area is 83.9 Å². The number of aliphatic hydroxyl groups is 1. The summed E-state index contributed by atoms with van der Waals surface area (Å²) in [4.78, 5) is 10.7. The van der Waals surface area contributed by atoms with Crippen LogP contribution in [-0.4, -0.2) is 29.0 Å². The number of aliphatic hydroxyl groups excluding tert-OH is 1. The fourth-order valence-corrected chi connectivity index (χ4v) is 1.09. The van der Waals surface area contributed by atoms with E-state index in [4.69, 9.17) is 10.2 Å². The number of hydrogen-bond donors (Lipinski definition) is 3. The van der Waals surface area contributed by atoms with Crippen LogP contribution in [0.1, 0.15) is 20.3 Å². The van der Waals surface area contributed by atoms with Crippen molar-refractivity contribution in [2.45, 2.75) is 26.3 Å². The van der Waals surface area contributed by atoms with Gasteiger partial charge < -0.3 is 10.2 Å². The SMILES string of the molecule is C/C=C\C(=C/C)C[C@H](NCO)C(=O)O. The lowest BCUT2D eigenvalue weighted by Gasteiger charge is -2.12. The van der Waals surface area contributed by atoms with E-state index in [1.165, 1.54) is 0 Å². The first-order valence-electron chi connectivity index (χ1n) is 4.50. The number of carboxylic acid groups (broad SMARTS) is 1. The Balaban J connectivity index is 4.34. The van der Waals surface area contributed by atoms with Crippen molar-refractivity contribution in [3.05, 3.63) is 23.8 Å². The first-order chi connectivity index (χ1) is 6.65. The molecule has 4 heteroatoms. The van der Waals surface area contributed by atoms with Crippen LogP contribution < -0.4 is 5.32 Å². The lowest BCUT2D eigenvalue weighted by atomic mass is 10.1. The highest BCUT2D eigenvalue weighted by molar-refractivity contribution is 5.74. The van der Waals surface area contributed by atoms with Gasteiger partial charge in [0.25, 0.3) is 0 Å². The van der Waals surface area contributed by atoms with Crippen LogP contribution >= 0.6 is 0 Å². The molecule has 4 nitrogen and oxygen atoms in total. The van der Waals surface area contributed by atoms with Gasteiger partial charge in [-0.2, -0.15) is 0 Å². The molecule has 0 aromatic heterocycles. The molecule has 0 unspecified atom stereocenters. The van der Waals surface area contributed by atoms with Gasteiger partial charge in [0.05, 0.1) is 6.73 Å². The Morgan fingerprint density at radius 3 is 2.50 bits per heavy atom. The van der Waals surface area contributed by atoms with Gasteiger partial charge in [-0.05, 0) is 20.3 Å². The van der Waals surface area contributed by atoms with Gasteiger partial charge in [0.2, 0.25) is 0 Å². The lowest BCUT2D eigenvalue weighted by molar-refractivity contribution is -0.139. The Morgan fingerprint density at radius 1 is 1.50 bits per heavy atom. The average molecular weight is 199 g/mol. The largest absolute Gasteiger partial charge is 0.480 e. The predicted octanol–water partition coefficient (Wildman–Crippen LogP) is 0.892. The van der Waals surface area contributed by atoms with E-state index in [-0.39, 0.29) is 6.73 Å². The minimum Gasteiger partial charge on any atom is -0.480 e.